The monoisotopic (exact) mass is 471 g/mol. The molecule has 2 aromatic rings. The van der Waals surface area contributed by atoms with Crippen LogP contribution >= 0.6 is 27.5 Å². The number of ether oxygens (including phenoxy) is 2. The van der Waals surface area contributed by atoms with E-state index in [1.165, 1.54) is 12.1 Å². The molecule has 0 saturated heterocycles. The van der Waals surface area contributed by atoms with Crippen LogP contribution in [0.2, 0.25) is 5.02 Å². The highest BCUT2D eigenvalue weighted by Gasteiger charge is 2.34. The molecular weight excluding hydrogens is 463 g/mol. The number of anilines is 1. The fourth-order valence-corrected chi connectivity index (χ4v) is 4.11. The van der Waals surface area contributed by atoms with Gasteiger partial charge in [0.2, 0.25) is 0 Å². The average molecular weight is 473 g/mol. The van der Waals surface area contributed by atoms with Gasteiger partial charge in [-0.3, -0.25) is 4.72 Å². The zero-order valence-corrected chi connectivity index (χ0v) is 15.9. The Bertz CT molecular complexity index is 966. The number of benzene rings is 2. The molecule has 0 bridgehead atoms. The zero-order valence-electron chi connectivity index (χ0n) is 12.7. The number of sulfonamides is 1. The van der Waals surface area contributed by atoms with E-state index in [0.29, 0.717) is 35.3 Å². The van der Waals surface area contributed by atoms with Gasteiger partial charge in [-0.05, 0) is 34.1 Å². The van der Waals surface area contributed by atoms with Gasteiger partial charge in [0.1, 0.15) is 13.2 Å². The first kappa shape index (κ1) is 19.1. The van der Waals surface area contributed by atoms with Gasteiger partial charge >= 0.3 is 6.18 Å². The van der Waals surface area contributed by atoms with Gasteiger partial charge in [0.05, 0.1) is 21.2 Å². The van der Waals surface area contributed by atoms with Crippen molar-refractivity contribution in [2.45, 2.75) is 11.1 Å². The summed E-state index contributed by atoms with van der Waals surface area (Å²) in [5.74, 6) is 0.751. The molecule has 1 heterocycles. The van der Waals surface area contributed by atoms with E-state index >= 15 is 0 Å². The molecule has 0 spiro atoms. The summed E-state index contributed by atoms with van der Waals surface area (Å²) < 4.78 is 77.2. The van der Waals surface area contributed by atoms with Crippen LogP contribution < -0.4 is 14.2 Å². The molecule has 5 nitrogen and oxygen atoms in total. The molecule has 0 amide bonds. The summed E-state index contributed by atoms with van der Waals surface area (Å²) in [6.07, 6.45) is -4.78. The van der Waals surface area contributed by atoms with E-state index in [2.05, 4.69) is 20.7 Å². The molecule has 0 fully saturated rings. The van der Waals surface area contributed by atoms with Gasteiger partial charge < -0.3 is 9.47 Å². The minimum absolute atomic E-state index is 0.0951. The molecule has 1 N–H and O–H groups in total. The number of rotatable bonds is 3. The molecule has 1 aliphatic heterocycles. The maximum atomic E-state index is 13.0. The lowest BCUT2D eigenvalue weighted by Crippen LogP contribution is -2.17. The van der Waals surface area contributed by atoms with Crippen LogP contribution in [0.5, 0.6) is 11.5 Å². The van der Waals surface area contributed by atoms with Crippen molar-refractivity contribution in [3.05, 3.63) is 45.4 Å². The van der Waals surface area contributed by atoms with Gasteiger partial charge in [-0.15, -0.1) is 0 Å². The molecule has 0 saturated carbocycles. The number of nitrogens with one attached hydrogen (secondary N) is 1. The van der Waals surface area contributed by atoms with Gasteiger partial charge in [-0.2, -0.15) is 13.2 Å². The van der Waals surface area contributed by atoms with Crippen LogP contribution in [0, 0.1) is 0 Å². The lowest BCUT2D eigenvalue weighted by atomic mass is 10.2. The first-order valence-electron chi connectivity index (χ1n) is 7.06. The van der Waals surface area contributed by atoms with Crippen molar-refractivity contribution in [2.24, 2.45) is 0 Å². The first-order chi connectivity index (χ1) is 12.1. The lowest BCUT2D eigenvalue weighted by Gasteiger charge is -2.20. The fraction of sp³-hybridized carbons (Fsp3) is 0.200. The van der Waals surface area contributed by atoms with Gasteiger partial charge in [0, 0.05) is 16.6 Å². The number of hydrogen-bond acceptors (Lipinski definition) is 4. The topological polar surface area (TPSA) is 64.6 Å². The Morgan fingerprint density at radius 3 is 2.31 bits per heavy atom. The van der Waals surface area contributed by atoms with Crippen molar-refractivity contribution >= 4 is 43.2 Å². The number of alkyl halides is 3. The molecule has 0 radical (unpaired) electrons. The Hall–Kier alpha value is -1.65. The van der Waals surface area contributed by atoms with Gasteiger partial charge in [-0.25, -0.2) is 8.42 Å². The summed E-state index contributed by atoms with van der Waals surface area (Å²) >= 11 is 8.72. The highest BCUT2D eigenvalue weighted by atomic mass is 79.9. The van der Waals surface area contributed by atoms with Gasteiger partial charge in [0.25, 0.3) is 10.0 Å². The van der Waals surface area contributed by atoms with E-state index in [0.717, 1.165) is 12.1 Å². The predicted molar refractivity (Wildman–Crippen MR) is 92.4 cm³/mol. The maximum absolute atomic E-state index is 13.0. The van der Waals surface area contributed by atoms with Crippen LogP contribution in [0.15, 0.2) is 39.7 Å². The molecule has 2 aromatic carbocycles. The Kier molecular flexibility index (Phi) is 5.02. The van der Waals surface area contributed by atoms with E-state index in [1.54, 1.807) is 0 Å². The molecule has 0 aromatic heterocycles. The zero-order chi connectivity index (χ0) is 19.1. The maximum Gasteiger partial charge on any atom is 0.417 e. The van der Waals surface area contributed by atoms with Crippen LogP contribution in [-0.2, 0) is 16.2 Å². The van der Waals surface area contributed by atoms with Crippen molar-refractivity contribution in [1.82, 2.24) is 0 Å². The van der Waals surface area contributed by atoms with E-state index in [9.17, 15) is 21.6 Å². The molecule has 0 atom stereocenters. The Morgan fingerprint density at radius 1 is 1.08 bits per heavy atom. The quantitative estimate of drug-likeness (QED) is 0.704. The van der Waals surface area contributed by atoms with Crippen LogP contribution in [0.4, 0.5) is 18.9 Å². The third kappa shape index (κ3) is 3.86. The van der Waals surface area contributed by atoms with Crippen LogP contribution in [0.25, 0.3) is 0 Å². The lowest BCUT2D eigenvalue weighted by molar-refractivity contribution is -0.137. The molecule has 0 aliphatic carbocycles. The summed E-state index contributed by atoms with van der Waals surface area (Å²) in [5, 5.41) is -0.586. The molecule has 1 aliphatic rings. The van der Waals surface area contributed by atoms with Gasteiger partial charge in [-0.1, -0.05) is 11.6 Å². The largest absolute Gasteiger partial charge is 0.486 e. The number of fused-ring (bicyclic) bond motifs is 1. The summed E-state index contributed by atoms with van der Waals surface area (Å²) in [6.45, 7) is 0.655. The third-order valence-electron chi connectivity index (χ3n) is 3.43. The molecule has 3 rings (SSSR count). The number of halogens is 5. The van der Waals surface area contributed by atoms with Crippen molar-refractivity contribution < 1.29 is 31.1 Å². The third-order valence-corrected chi connectivity index (χ3v) is 5.78. The Morgan fingerprint density at radius 2 is 1.69 bits per heavy atom. The minimum Gasteiger partial charge on any atom is -0.486 e. The van der Waals surface area contributed by atoms with Crippen molar-refractivity contribution in [2.75, 3.05) is 17.9 Å². The Labute approximate surface area is 160 Å². The van der Waals surface area contributed by atoms with Crippen molar-refractivity contribution in [3.63, 3.8) is 0 Å². The van der Waals surface area contributed by atoms with E-state index in [1.807, 2.05) is 0 Å². The van der Waals surface area contributed by atoms with E-state index in [-0.39, 0.29) is 5.69 Å². The van der Waals surface area contributed by atoms with Crippen LogP contribution in [-0.4, -0.2) is 21.6 Å². The van der Waals surface area contributed by atoms with Gasteiger partial charge in [0.15, 0.2) is 11.5 Å². The van der Waals surface area contributed by atoms with Crippen LogP contribution in [0.3, 0.4) is 0 Å². The summed E-state index contributed by atoms with van der Waals surface area (Å²) in [7, 11) is -4.30. The molecule has 26 heavy (non-hydrogen) atoms. The second-order valence-electron chi connectivity index (χ2n) is 5.22. The SMILES string of the molecule is O=S(=O)(Nc1cc2c(cc1Br)OCCO2)c1ccc(Cl)c(C(F)(F)F)c1. The summed E-state index contributed by atoms with van der Waals surface area (Å²) in [6, 6.07) is 5.26. The van der Waals surface area contributed by atoms with E-state index < -0.39 is 31.7 Å². The molecular formula is C15H10BrClF3NO4S. The normalized spacial score (nSPS) is 14.2. The molecule has 11 heteroatoms. The average Bonchev–Trinajstić information content (AvgIpc) is 2.54. The summed E-state index contributed by atoms with van der Waals surface area (Å²) in [4.78, 5) is -0.573. The Balaban J connectivity index is 1.98. The smallest absolute Gasteiger partial charge is 0.417 e. The molecule has 0 unspecified atom stereocenters. The second kappa shape index (κ2) is 6.82. The second-order valence-corrected chi connectivity index (χ2v) is 8.16. The standard InChI is InChI=1S/C15H10BrClF3NO4S/c16-10-6-13-14(25-4-3-24-13)7-12(10)21-26(22,23)8-1-2-11(17)9(5-8)15(18,19)20/h1-2,5-7,21H,3-4H2. The van der Waals surface area contributed by atoms with Crippen molar-refractivity contribution in [3.8, 4) is 11.5 Å². The van der Waals surface area contributed by atoms with Crippen LogP contribution in [0.1, 0.15) is 5.56 Å². The van der Waals surface area contributed by atoms with Crippen molar-refractivity contribution in [1.29, 1.82) is 0 Å². The first-order valence-corrected chi connectivity index (χ1v) is 9.72. The molecule has 140 valence electrons. The highest BCUT2D eigenvalue weighted by molar-refractivity contribution is 9.10. The van der Waals surface area contributed by atoms with E-state index in [4.69, 9.17) is 21.1 Å². The number of hydrogen-bond donors (Lipinski definition) is 1. The summed E-state index contributed by atoms with van der Waals surface area (Å²) in [5.41, 5.74) is -1.14. The minimum atomic E-state index is -4.78. The fourth-order valence-electron chi connectivity index (χ4n) is 2.23. The highest BCUT2D eigenvalue weighted by Crippen LogP contribution is 2.40. The predicted octanol–water partition coefficient (Wildman–Crippen LogP) is 4.69.